The maximum Gasteiger partial charge on any atom is 0.396 e. The number of pyridine rings is 2. The number of nitrogens with zero attached hydrogens (tertiary/aromatic N) is 4. The largest absolute Gasteiger partial charge is 0.396 e. The number of hydrogen-bond donors (Lipinski definition) is 1. The maximum atomic E-state index is 13.2. The van der Waals surface area contributed by atoms with Crippen molar-refractivity contribution in [2.45, 2.75) is 25.6 Å². The number of carbonyl (C=O) groups is 2. The Kier molecular flexibility index (Phi) is 5.08. The molecule has 2 aromatic rings. The van der Waals surface area contributed by atoms with Gasteiger partial charge in [0, 0.05) is 44.8 Å². The molecular weight excluding hydrogens is 399 g/mol. The van der Waals surface area contributed by atoms with Crippen molar-refractivity contribution in [2.75, 3.05) is 24.5 Å². The molecule has 2 aliphatic rings. The zero-order chi connectivity index (χ0) is 21.4. The lowest BCUT2D eigenvalue weighted by Gasteiger charge is -2.25. The summed E-state index contributed by atoms with van der Waals surface area (Å²) < 4.78 is 39.5. The van der Waals surface area contributed by atoms with Gasteiger partial charge in [0.15, 0.2) is 0 Å². The van der Waals surface area contributed by atoms with Crippen LogP contribution in [0.2, 0.25) is 0 Å². The van der Waals surface area contributed by atoms with Crippen LogP contribution in [0, 0.1) is 5.41 Å². The van der Waals surface area contributed by atoms with Crippen molar-refractivity contribution in [3.8, 4) is 0 Å². The van der Waals surface area contributed by atoms with Crippen LogP contribution in [0.1, 0.15) is 28.8 Å². The first-order valence-corrected chi connectivity index (χ1v) is 9.55. The Morgan fingerprint density at radius 3 is 2.57 bits per heavy atom. The van der Waals surface area contributed by atoms with Crippen LogP contribution in [0.15, 0.2) is 42.9 Å². The summed E-state index contributed by atoms with van der Waals surface area (Å²) in [5.74, 6) is 0.109. The van der Waals surface area contributed by atoms with Crippen LogP contribution < -0.4 is 10.2 Å². The lowest BCUT2D eigenvalue weighted by molar-refractivity contribution is -0.189. The lowest BCUT2D eigenvalue weighted by atomic mass is 10.1. The molecule has 3 heterocycles. The zero-order valence-corrected chi connectivity index (χ0v) is 16.0. The van der Waals surface area contributed by atoms with Crippen LogP contribution >= 0.6 is 0 Å². The molecule has 4 rings (SSSR count). The Bertz CT molecular complexity index is 930. The van der Waals surface area contributed by atoms with Gasteiger partial charge in [0.1, 0.15) is 5.82 Å². The Morgan fingerprint density at radius 1 is 1.17 bits per heavy atom. The van der Waals surface area contributed by atoms with Crippen LogP contribution in [0.3, 0.4) is 0 Å². The van der Waals surface area contributed by atoms with E-state index in [9.17, 15) is 22.8 Å². The third-order valence-corrected chi connectivity index (χ3v) is 5.51. The molecule has 0 unspecified atom stereocenters. The van der Waals surface area contributed by atoms with E-state index in [0.717, 1.165) is 5.56 Å². The van der Waals surface area contributed by atoms with Gasteiger partial charge in [-0.25, -0.2) is 9.78 Å². The van der Waals surface area contributed by atoms with Gasteiger partial charge >= 0.3 is 12.2 Å². The molecule has 158 valence electrons. The number of halogens is 3. The van der Waals surface area contributed by atoms with Crippen molar-refractivity contribution in [3.05, 3.63) is 54.0 Å². The second-order valence-electron chi connectivity index (χ2n) is 7.58. The molecule has 7 nitrogen and oxygen atoms in total. The fraction of sp³-hybridized carbons (Fsp3) is 0.400. The average molecular weight is 419 g/mol. The minimum absolute atomic E-state index is 0.0675. The Morgan fingerprint density at radius 2 is 1.97 bits per heavy atom. The standard InChI is InChI=1S/C20H20F3N5O2/c21-20(22,23)19(5-6-19)13-27-8-9-28(18(27)30)16-4-3-14(10-25-16)11-26-17(29)15-2-1-7-24-12-15/h1-4,7,10,12H,5-6,8-9,11,13H2,(H,26,29). The van der Waals surface area contributed by atoms with Crippen molar-refractivity contribution >= 4 is 17.8 Å². The van der Waals surface area contributed by atoms with Crippen LogP contribution in [-0.4, -0.2) is 52.6 Å². The Labute approximate surface area is 170 Å². The van der Waals surface area contributed by atoms with Crippen molar-refractivity contribution in [2.24, 2.45) is 5.41 Å². The van der Waals surface area contributed by atoms with Crippen molar-refractivity contribution in [1.82, 2.24) is 20.2 Å². The van der Waals surface area contributed by atoms with E-state index in [4.69, 9.17) is 0 Å². The van der Waals surface area contributed by atoms with Crippen molar-refractivity contribution in [3.63, 3.8) is 0 Å². The first kappa shape index (κ1) is 20.1. The fourth-order valence-electron chi connectivity index (χ4n) is 3.45. The average Bonchev–Trinajstić information content (AvgIpc) is 3.45. The second-order valence-corrected chi connectivity index (χ2v) is 7.58. The number of carbonyl (C=O) groups excluding carboxylic acids is 2. The van der Waals surface area contributed by atoms with Gasteiger partial charge in [0.2, 0.25) is 0 Å². The number of aromatic nitrogens is 2. The third-order valence-electron chi connectivity index (χ3n) is 5.51. The lowest BCUT2D eigenvalue weighted by Crippen LogP contribution is -2.41. The summed E-state index contributed by atoms with van der Waals surface area (Å²) in [4.78, 5) is 35.4. The number of urea groups is 1. The Balaban J connectivity index is 1.34. The van der Waals surface area contributed by atoms with E-state index in [0.29, 0.717) is 11.4 Å². The highest BCUT2D eigenvalue weighted by Crippen LogP contribution is 2.58. The highest BCUT2D eigenvalue weighted by molar-refractivity contribution is 5.94. The van der Waals surface area contributed by atoms with E-state index in [2.05, 4.69) is 15.3 Å². The van der Waals surface area contributed by atoms with Gasteiger partial charge in [-0.1, -0.05) is 6.07 Å². The van der Waals surface area contributed by atoms with E-state index < -0.39 is 17.6 Å². The number of nitrogens with one attached hydrogen (secondary N) is 1. The zero-order valence-electron chi connectivity index (χ0n) is 16.0. The van der Waals surface area contributed by atoms with E-state index in [-0.39, 0.29) is 44.9 Å². The van der Waals surface area contributed by atoms with Gasteiger partial charge in [0.05, 0.1) is 11.0 Å². The van der Waals surface area contributed by atoms with Gasteiger partial charge in [-0.3, -0.25) is 14.7 Å². The molecule has 0 radical (unpaired) electrons. The Hall–Kier alpha value is -3.17. The van der Waals surface area contributed by atoms with E-state index in [1.54, 1.807) is 30.5 Å². The quantitative estimate of drug-likeness (QED) is 0.781. The molecule has 0 aromatic carbocycles. The molecule has 1 saturated carbocycles. The summed E-state index contributed by atoms with van der Waals surface area (Å²) in [6.45, 7) is 0.470. The summed E-state index contributed by atoms with van der Waals surface area (Å²) in [5, 5.41) is 2.75. The first-order chi connectivity index (χ1) is 14.3. The van der Waals surface area contributed by atoms with Gasteiger partial charge in [-0.05, 0) is 36.6 Å². The monoisotopic (exact) mass is 419 g/mol. The molecule has 1 aliphatic heterocycles. The minimum Gasteiger partial charge on any atom is -0.348 e. The molecular formula is C20H20F3N5O2. The van der Waals surface area contributed by atoms with E-state index in [1.807, 2.05) is 0 Å². The third kappa shape index (κ3) is 3.94. The molecule has 30 heavy (non-hydrogen) atoms. The molecule has 1 aliphatic carbocycles. The summed E-state index contributed by atoms with van der Waals surface area (Å²) in [5.41, 5.74) is -0.576. The van der Waals surface area contributed by atoms with Crippen molar-refractivity contribution in [1.29, 1.82) is 0 Å². The number of rotatable bonds is 6. The molecule has 2 aromatic heterocycles. The van der Waals surface area contributed by atoms with Crippen LogP contribution in [-0.2, 0) is 6.54 Å². The highest BCUT2D eigenvalue weighted by atomic mass is 19.4. The fourth-order valence-corrected chi connectivity index (χ4v) is 3.45. The van der Waals surface area contributed by atoms with Crippen LogP contribution in [0.25, 0.3) is 0 Å². The molecule has 0 bridgehead atoms. The summed E-state index contributed by atoms with van der Waals surface area (Å²) >= 11 is 0. The smallest absolute Gasteiger partial charge is 0.348 e. The van der Waals surface area contributed by atoms with Gasteiger partial charge in [-0.2, -0.15) is 13.2 Å². The number of alkyl halides is 3. The van der Waals surface area contributed by atoms with Crippen LogP contribution in [0.4, 0.5) is 23.8 Å². The SMILES string of the molecule is O=C(NCc1ccc(N2CCN(CC3(C(F)(F)F)CC3)C2=O)nc1)c1cccnc1. The predicted molar refractivity (Wildman–Crippen MR) is 102 cm³/mol. The maximum absolute atomic E-state index is 13.2. The normalized spacial score (nSPS) is 17.9. The van der Waals surface area contributed by atoms with Crippen LogP contribution in [0.5, 0.6) is 0 Å². The second kappa shape index (κ2) is 7.58. The molecule has 10 heteroatoms. The molecule has 1 saturated heterocycles. The van der Waals surface area contributed by atoms with Gasteiger partial charge in [0.25, 0.3) is 5.91 Å². The highest BCUT2D eigenvalue weighted by Gasteiger charge is 2.64. The molecule has 0 atom stereocenters. The molecule has 2 fully saturated rings. The van der Waals surface area contributed by atoms with E-state index >= 15 is 0 Å². The number of amides is 3. The number of hydrogen-bond acceptors (Lipinski definition) is 4. The van der Waals surface area contributed by atoms with E-state index in [1.165, 1.54) is 22.2 Å². The molecule has 0 spiro atoms. The van der Waals surface area contributed by atoms with Gasteiger partial charge < -0.3 is 10.2 Å². The first-order valence-electron chi connectivity index (χ1n) is 9.55. The molecule has 3 amide bonds. The van der Waals surface area contributed by atoms with Crippen molar-refractivity contribution < 1.29 is 22.8 Å². The van der Waals surface area contributed by atoms with Gasteiger partial charge in [-0.15, -0.1) is 0 Å². The summed E-state index contributed by atoms with van der Waals surface area (Å²) in [7, 11) is 0. The predicted octanol–water partition coefficient (Wildman–Crippen LogP) is 2.99. The summed E-state index contributed by atoms with van der Waals surface area (Å²) in [6, 6.07) is 6.21. The topological polar surface area (TPSA) is 78.4 Å². The minimum atomic E-state index is -4.29. The summed E-state index contributed by atoms with van der Waals surface area (Å²) in [6.07, 6.45) is 0.420. The molecule has 1 N–H and O–H groups in total. The number of anilines is 1.